The first kappa shape index (κ1) is 17.2. The van der Waals surface area contributed by atoms with E-state index in [2.05, 4.69) is 5.32 Å². The molecule has 0 aliphatic carbocycles. The van der Waals surface area contributed by atoms with Gasteiger partial charge in [-0.3, -0.25) is 14.9 Å². The van der Waals surface area contributed by atoms with E-state index in [1.165, 1.54) is 18.2 Å². The Labute approximate surface area is 139 Å². The third-order valence-electron chi connectivity index (χ3n) is 3.23. The van der Waals surface area contributed by atoms with Crippen molar-refractivity contribution in [2.24, 2.45) is 0 Å². The number of ether oxygens (including phenoxy) is 1. The molecule has 0 aliphatic rings. The van der Waals surface area contributed by atoms with Crippen LogP contribution < -0.4 is 10.1 Å². The lowest BCUT2D eigenvalue weighted by Gasteiger charge is -2.03. The van der Waals surface area contributed by atoms with E-state index in [0.29, 0.717) is 13.2 Å². The van der Waals surface area contributed by atoms with Crippen molar-refractivity contribution in [3.63, 3.8) is 0 Å². The molecule has 2 aromatic rings. The van der Waals surface area contributed by atoms with Gasteiger partial charge < -0.3 is 10.1 Å². The highest BCUT2D eigenvalue weighted by Crippen LogP contribution is 2.13. The van der Waals surface area contributed by atoms with Gasteiger partial charge in [0.1, 0.15) is 5.75 Å². The Kier molecular flexibility index (Phi) is 6.08. The van der Waals surface area contributed by atoms with E-state index >= 15 is 0 Å². The van der Waals surface area contributed by atoms with E-state index in [1.54, 1.807) is 18.2 Å². The number of carbonyl (C=O) groups excluding carboxylic acids is 1. The number of carbonyl (C=O) groups is 1. The Morgan fingerprint density at radius 2 is 1.83 bits per heavy atom. The lowest BCUT2D eigenvalue weighted by Crippen LogP contribution is -2.20. The fraction of sp³-hybridized carbons (Fsp3) is 0.167. The number of rotatable bonds is 7. The number of non-ortho nitro benzene ring substituents is 1. The second-order valence-electron chi connectivity index (χ2n) is 4.98. The Bertz CT molecular complexity index is 722. The molecule has 0 aliphatic heterocycles. The first-order valence-electron chi connectivity index (χ1n) is 7.50. The minimum atomic E-state index is -0.456. The van der Waals surface area contributed by atoms with Crippen LogP contribution in [0.2, 0.25) is 0 Å². The number of benzene rings is 2. The summed E-state index contributed by atoms with van der Waals surface area (Å²) < 4.78 is 5.35. The monoisotopic (exact) mass is 326 g/mol. The summed E-state index contributed by atoms with van der Waals surface area (Å²) in [5, 5.41) is 13.3. The molecule has 0 radical (unpaired) electrons. The second-order valence-corrected chi connectivity index (χ2v) is 4.98. The summed E-state index contributed by atoms with van der Waals surface area (Å²) in [6.45, 7) is 2.84. The maximum absolute atomic E-state index is 11.8. The van der Waals surface area contributed by atoms with Crippen molar-refractivity contribution in [1.82, 2.24) is 5.32 Å². The van der Waals surface area contributed by atoms with Crippen molar-refractivity contribution < 1.29 is 14.5 Å². The van der Waals surface area contributed by atoms with Crippen LogP contribution in [0.25, 0.3) is 6.08 Å². The Hall–Kier alpha value is -3.15. The Balaban J connectivity index is 1.85. The normalized spacial score (nSPS) is 10.5. The van der Waals surface area contributed by atoms with E-state index in [4.69, 9.17) is 4.74 Å². The lowest BCUT2D eigenvalue weighted by atomic mass is 10.2. The summed E-state index contributed by atoms with van der Waals surface area (Å²) in [4.78, 5) is 21.9. The van der Waals surface area contributed by atoms with Crippen LogP contribution in [-0.2, 0) is 11.3 Å². The average molecular weight is 326 g/mol. The second kappa shape index (κ2) is 8.47. The zero-order valence-electron chi connectivity index (χ0n) is 13.3. The highest BCUT2D eigenvalue weighted by atomic mass is 16.6. The zero-order chi connectivity index (χ0) is 17.4. The highest BCUT2D eigenvalue weighted by Gasteiger charge is 2.04. The maximum atomic E-state index is 11.8. The van der Waals surface area contributed by atoms with E-state index in [0.717, 1.165) is 16.9 Å². The molecule has 0 saturated heterocycles. The molecule has 0 heterocycles. The molecule has 6 nitrogen and oxygen atoms in total. The van der Waals surface area contributed by atoms with Crippen molar-refractivity contribution in [2.45, 2.75) is 13.5 Å². The van der Waals surface area contributed by atoms with Gasteiger partial charge in [-0.05, 0) is 36.3 Å². The van der Waals surface area contributed by atoms with Gasteiger partial charge in [0.05, 0.1) is 11.5 Å². The van der Waals surface area contributed by atoms with Crippen molar-refractivity contribution in [3.8, 4) is 5.75 Å². The van der Waals surface area contributed by atoms with E-state index in [1.807, 2.05) is 31.2 Å². The van der Waals surface area contributed by atoms with Gasteiger partial charge in [-0.15, -0.1) is 0 Å². The maximum Gasteiger partial charge on any atom is 0.269 e. The average Bonchev–Trinajstić information content (AvgIpc) is 2.60. The van der Waals surface area contributed by atoms with Crippen LogP contribution in [0.3, 0.4) is 0 Å². The van der Waals surface area contributed by atoms with Gasteiger partial charge in [-0.1, -0.05) is 24.3 Å². The molecular formula is C18H18N2O4. The van der Waals surface area contributed by atoms with E-state index in [9.17, 15) is 14.9 Å². The summed E-state index contributed by atoms with van der Waals surface area (Å²) in [5.41, 5.74) is 1.72. The summed E-state index contributed by atoms with van der Waals surface area (Å²) in [7, 11) is 0. The van der Waals surface area contributed by atoms with Gasteiger partial charge in [-0.25, -0.2) is 0 Å². The summed E-state index contributed by atoms with van der Waals surface area (Å²) in [6, 6.07) is 13.5. The van der Waals surface area contributed by atoms with Gasteiger partial charge in [-0.2, -0.15) is 0 Å². The fourth-order valence-electron chi connectivity index (χ4n) is 2.00. The van der Waals surface area contributed by atoms with Gasteiger partial charge in [0, 0.05) is 24.8 Å². The fourth-order valence-corrected chi connectivity index (χ4v) is 2.00. The minimum Gasteiger partial charge on any atom is -0.494 e. The van der Waals surface area contributed by atoms with Crippen molar-refractivity contribution in [2.75, 3.05) is 6.61 Å². The molecule has 0 atom stereocenters. The van der Waals surface area contributed by atoms with Gasteiger partial charge in [0.25, 0.3) is 5.69 Å². The molecule has 1 amide bonds. The first-order valence-corrected chi connectivity index (χ1v) is 7.50. The number of nitro benzene ring substituents is 1. The van der Waals surface area contributed by atoms with Crippen molar-refractivity contribution in [1.29, 1.82) is 0 Å². The number of hydrogen-bond acceptors (Lipinski definition) is 4. The van der Waals surface area contributed by atoms with Gasteiger partial charge in [0.2, 0.25) is 5.91 Å². The highest BCUT2D eigenvalue weighted by molar-refractivity contribution is 5.91. The standard InChI is InChI=1S/C18H18N2O4/c1-2-24-17-10-5-14(6-11-17)7-12-18(21)19-13-15-3-8-16(9-4-15)20(22)23/h3-12H,2,13H2,1H3,(H,19,21)/b12-7+. The van der Waals surface area contributed by atoms with Gasteiger partial charge in [0.15, 0.2) is 0 Å². The third kappa shape index (κ3) is 5.24. The van der Waals surface area contributed by atoms with Crippen molar-refractivity contribution in [3.05, 3.63) is 75.8 Å². The first-order chi connectivity index (χ1) is 11.6. The molecule has 0 spiro atoms. The van der Waals surface area contributed by atoms with Crippen molar-refractivity contribution >= 4 is 17.7 Å². The number of hydrogen-bond donors (Lipinski definition) is 1. The Morgan fingerprint density at radius 3 is 2.42 bits per heavy atom. The number of nitro groups is 1. The molecule has 0 unspecified atom stereocenters. The molecule has 2 aromatic carbocycles. The molecule has 2 rings (SSSR count). The predicted molar refractivity (Wildman–Crippen MR) is 91.6 cm³/mol. The molecule has 1 N–H and O–H groups in total. The molecule has 0 aromatic heterocycles. The summed E-state index contributed by atoms with van der Waals surface area (Å²) >= 11 is 0. The Morgan fingerprint density at radius 1 is 1.17 bits per heavy atom. The van der Waals surface area contributed by atoms with E-state index < -0.39 is 4.92 Å². The quantitative estimate of drug-likeness (QED) is 0.481. The third-order valence-corrected chi connectivity index (χ3v) is 3.23. The largest absolute Gasteiger partial charge is 0.494 e. The van der Waals surface area contributed by atoms with Crippen LogP contribution in [0, 0.1) is 10.1 Å². The summed E-state index contributed by atoms with van der Waals surface area (Å²) in [5.74, 6) is 0.555. The van der Waals surface area contributed by atoms with Crippen LogP contribution in [0.5, 0.6) is 5.75 Å². The number of nitrogens with zero attached hydrogens (tertiary/aromatic N) is 1. The molecule has 0 saturated carbocycles. The molecular weight excluding hydrogens is 308 g/mol. The molecule has 24 heavy (non-hydrogen) atoms. The number of amides is 1. The molecule has 6 heteroatoms. The topological polar surface area (TPSA) is 81.5 Å². The summed E-state index contributed by atoms with van der Waals surface area (Å²) in [6.07, 6.45) is 3.15. The van der Waals surface area contributed by atoms with Gasteiger partial charge >= 0.3 is 0 Å². The molecule has 0 fully saturated rings. The van der Waals surface area contributed by atoms with E-state index in [-0.39, 0.29) is 11.6 Å². The predicted octanol–water partition coefficient (Wildman–Crippen LogP) is 3.32. The minimum absolute atomic E-state index is 0.0282. The van der Waals surface area contributed by atoms with Crippen LogP contribution in [0.4, 0.5) is 5.69 Å². The van der Waals surface area contributed by atoms with Crippen LogP contribution in [0.15, 0.2) is 54.6 Å². The molecule has 124 valence electrons. The van der Waals surface area contributed by atoms with Crippen LogP contribution in [-0.4, -0.2) is 17.4 Å². The number of nitrogens with one attached hydrogen (secondary N) is 1. The lowest BCUT2D eigenvalue weighted by molar-refractivity contribution is -0.384. The van der Waals surface area contributed by atoms with Crippen LogP contribution >= 0.6 is 0 Å². The molecule has 0 bridgehead atoms. The zero-order valence-corrected chi connectivity index (χ0v) is 13.3. The smallest absolute Gasteiger partial charge is 0.269 e. The van der Waals surface area contributed by atoms with Crippen LogP contribution in [0.1, 0.15) is 18.1 Å². The SMILES string of the molecule is CCOc1ccc(/C=C/C(=O)NCc2ccc([N+](=O)[O-])cc2)cc1.